The van der Waals surface area contributed by atoms with Gasteiger partial charge in [0.1, 0.15) is 6.10 Å². The molecule has 0 unspecified atom stereocenters. The van der Waals surface area contributed by atoms with Crippen molar-refractivity contribution >= 4 is 16.4 Å². The summed E-state index contributed by atoms with van der Waals surface area (Å²) in [5.41, 5.74) is 0. The Kier molecular flexibility index (Phi) is 6.74. The van der Waals surface area contributed by atoms with Crippen LogP contribution in [0.5, 0.6) is 0 Å². The first-order valence-electron chi connectivity index (χ1n) is 6.78. The van der Waals surface area contributed by atoms with Crippen LogP contribution in [0, 0.1) is 0 Å². The summed E-state index contributed by atoms with van der Waals surface area (Å²) < 4.78 is 36.7. The van der Waals surface area contributed by atoms with Gasteiger partial charge in [-0.3, -0.25) is 0 Å². The van der Waals surface area contributed by atoms with Crippen LogP contribution in [-0.2, 0) is 28.3 Å². The van der Waals surface area contributed by atoms with Crippen molar-refractivity contribution in [1.29, 1.82) is 0 Å². The minimum absolute atomic E-state index is 0.183. The van der Waals surface area contributed by atoms with Crippen molar-refractivity contribution in [2.75, 3.05) is 6.61 Å². The van der Waals surface area contributed by atoms with E-state index in [1.807, 2.05) is 0 Å². The van der Waals surface area contributed by atoms with Crippen molar-refractivity contribution in [2.45, 2.75) is 64.6 Å². The van der Waals surface area contributed by atoms with Crippen LogP contribution in [0.2, 0.25) is 0 Å². The van der Waals surface area contributed by atoms with Crippen molar-refractivity contribution in [3.05, 3.63) is 0 Å². The third-order valence-electron chi connectivity index (χ3n) is 2.91. The number of carbonyl (C=O) groups excluding carboxylic acids is 1. The van der Waals surface area contributed by atoms with Crippen LogP contribution < -0.4 is 0 Å². The minimum atomic E-state index is -4.06. The molecule has 0 N–H and O–H groups in total. The standard InChI is InChI=1S/C12H22O6S/c1-3-5-6-7-8-9-10-11(12(13)16-4-2)18-19(14,15)17-10/h10-11H,3-9H2,1-2H3/t10-,11+/m1/s1. The van der Waals surface area contributed by atoms with Gasteiger partial charge in [0.25, 0.3) is 0 Å². The molecule has 0 aromatic carbocycles. The molecule has 1 rings (SSSR count). The Hall–Kier alpha value is -0.660. The lowest BCUT2D eigenvalue weighted by Gasteiger charge is -2.13. The third-order valence-corrected chi connectivity index (χ3v) is 3.84. The Morgan fingerprint density at radius 3 is 2.42 bits per heavy atom. The van der Waals surface area contributed by atoms with E-state index >= 15 is 0 Å². The lowest BCUT2D eigenvalue weighted by Crippen LogP contribution is -2.33. The fourth-order valence-corrected chi connectivity index (χ4v) is 2.98. The van der Waals surface area contributed by atoms with E-state index in [1.54, 1.807) is 6.92 Å². The van der Waals surface area contributed by atoms with Gasteiger partial charge in [0, 0.05) is 0 Å². The van der Waals surface area contributed by atoms with E-state index in [2.05, 4.69) is 11.1 Å². The summed E-state index contributed by atoms with van der Waals surface area (Å²) in [5, 5.41) is 0. The van der Waals surface area contributed by atoms with Gasteiger partial charge in [0.2, 0.25) is 6.10 Å². The van der Waals surface area contributed by atoms with Gasteiger partial charge in [-0.2, -0.15) is 8.42 Å². The summed E-state index contributed by atoms with van der Waals surface area (Å²) in [6, 6.07) is 0. The first kappa shape index (κ1) is 16.4. The van der Waals surface area contributed by atoms with Crippen molar-refractivity contribution in [2.24, 2.45) is 0 Å². The molecule has 1 heterocycles. The molecule has 0 radical (unpaired) electrons. The van der Waals surface area contributed by atoms with E-state index in [4.69, 9.17) is 8.92 Å². The van der Waals surface area contributed by atoms with Crippen LogP contribution in [0.25, 0.3) is 0 Å². The molecular weight excluding hydrogens is 272 g/mol. The Morgan fingerprint density at radius 2 is 1.79 bits per heavy atom. The number of ether oxygens (including phenoxy) is 1. The molecule has 6 nitrogen and oxygen atoms in total. The zero-order chi connectivity index (χ0) is 14.3. The average molecular weight is 294 g/mol. The maximum Gasteiger partial charge on any atom is 0.401 e. The van der Waals surface area contributed by atoms with E-state index in [0.717, 1.165) is 32.1 Å². The van der Waals surface area contributed by atoms with Crippen molar-refractivity contribution in [3.63, 3.8) is 0 Å². The monoisotopic (exact) mass is 294 g/mol. The fraction of sp³-hybridized carbons (Fsp3) is 0.917. The number of rotatable bonds is 8. The molecule has 0 bridgehead atoms. The number of hydrogen-bond donors (Lipinski definition) is 0. The molecule has 112 valence electrons. The molecule has 7 heteroatoms. The number of esters is 1. The van der Waals surface area contributed by atoms with Gasteiger partial charge in [-0.15, -0.1) is 0 Å². The maximum atomic E-state index is 11.6. The highest BCUT2D eigenvalue weighted by molar-refractivity contribution is 7.82. The van der Waals surface area contributed by atoms with Crippen molar-refractivity contribution in [1.82, 2.24) is 0 Å². The molecule has 1 aliphatic rings. The summed E-state index contributed by atoms with van der Waals surface area (Å²) in [6.45, 7) is 3.96. The second-order valence-electron chi connectivity index (χ2n) is 4.51. The summed E-state index contributed by atoms with van der Waals surface area (Å²) >= 11 is 0. The van der Waals surface area contributed by atoms with Gasteiger partial charge in [0.15, 0.2) is 0 Å². The van der Waals surface area contributed by atoms with E-state index in [1.165, 1.54) is 0 Å². The summed E-state index contributed by atoms with van der Waals surface area (Å²) in [6.07, 6.45) is 3.75. The molecule has 1 aliphatic heterocycles. The number of carbonyl (C=O) groups is 1. The van der Waals surface area contributed by atoms with Gasteiger partial charge < -0.3 is 4.74 Å². The minimum Gasteiger partial charge on any atom is -0.464 e. The molecule has 0 amide bonds. The van der Waals surface area contributed by atoms with Gasteiger partial charge in [-0.25, -0.2) is 13.2 Å². The smallest absolute Gasteiger partial charge is 0.401 e. The molecule has 2 atom stereocenters. The maximum absolute atomic E-state index is 11.6. The van der Waals surface area contributed by atoms with E-state index in [0.29, 0.717) is 6.42 Å². The van der Waals surface area contributed by atoms with Crippen LogP contribution in [0.15, 0.2) is 0 Å². The number of hydrogen-bond acceptors (Lipinski definition) is 6. The fourth-order valence-electron chi connectivity index (χ4n) is 1.98. The molecule has 0 aromatic rings. The van der Waals surface area contributed by atoms with E-state index in [-0.39, 0.29) is 6.61 Å². The second kappa shape index (κ2) is 7.81. The van der Waals surface area contributed by atoms with Gasteiger partial charge in [0.05, 0.1) is 6.61 Å². The summed E-state index contributed by atoms with van der Waals surface area (Å²) in [5.74, 6) is -0.679. The van der Waals surface area contributed by atoms with Crippen LogP contribution in [0.4, 0.5) is 0 Å². The first-order chi connectivity index (χ1) is 9.00. The Morgan fingerprint density at radius 1 is 1.11 bits per heavy atom. The molecule has 1 saturated heterocycles. The van der Waals surface area contributed by atoms with E-state index < -0.39 is 28.6 Å². The van der Waals surface area contributed by atoms with Gasteiger partial charge >= 0.3 is 16.4 Å². The lowest BCUT2D eigenvalue weighted by atomic mass is 10.0. The van der Waals surface area contributed by atoms with Crippen LogP contribution in [0.1, 0.15) is 52.4 Å². The van der Waals surface area contributed by atoms with Gasteiger partial charge in [-0.1, -0.05) is 39.0 Å². The van der Waals surface area contributed by atoms with Crippen LogP contribution >= 0.6 is 0 Å². The number of unbranched alkanes of at least 4 members (excludes halogenated alkanes) is 4. The summed E-state index contributed by atoms with van der Waals surface area (Å²) in [4.78, 5) is 11.6. The summed E-state index contributed by atoms with van der Waals surface area (Å²) in [7, 11) is -4.06. The lowest BCUT2D eigenvalue weighted by molar-refractivity contribution is -0.152. The topological polar surface area (TPSA) is 78.9 Å². The molecule has 19 heavy (non-hydrogen) atoms. The SMILES string of the molecule is CCCCCCC[C@H]1OS(=O)(=O)O[C@@H]1C(=O)OCC. The Bertz CT molecular complexity index is 378. The van der Waals surface area contributed by atoms with Crippen molar-refractivity contribution < 1.29 is 26.3 Å². The highest BCUT2D eigenvalue weighted by atomic mass is 32.3. The zero-order valence-corrected chi connectivity index (χ0v) is 12.3. The van der Waals surface area contributed by atoms with E-state index in [9.17, 15) is 13.2 Å². The first-order valence-corrected chi connectivity index (χ1v) is 8.11. The second-order valence-corrected chi connectivity index (χ2v) is 5.72. The largest absolute Gasteiger partial charge is 0.464 e. The predicted molar refractivity (Wildman–Crippen MR) is 68.7 cm³/mol. The molecule has 1 fully saturated rings. The molecule has 0 spiro atoms. The highest BCUT2D eigenvalue weighted by Crippen LogP contribution is 2.26. The highest BCUT2D eigenvalue weighted by Gasteiger charge is 2.45. The quantitative estimate of drug-likeness (QED) is 0.503. The normalized spacial score (nSPS) is 25.4. The average Bonchev–Trinajstić information content (AvgIpc) is 2.65. The molecule has 0 saturated carbocycles. The van der Waals surface area contributed by atoms with Gasteiger partial charge in [-0.05, 0) is 13.3 Å². The van der Waals surface area contributed by atoms with Crippen LogP contribution in [-0.4, -0.2) is 33.2 Å². The molecule has 0 aliphatic carbocycles. The van der Waals surface area contributed by atoms with Crippen LogP contribution in [0.3, 0.4) is 0 Å². The molecular formula is C12H22O6S. The Balaban J connectivity index is 2.46. The zero-order valence-electron chi connectivity index (χ0n) is 11.5. The predicted octanol–water partition coefficient (Wildman–Crippen LogP) is 1.94. The molecule has 0 aromatic heterocycles. The van der Waals surface area contributed by atoms with Crippen molar-refractivity contribution in [3.8, 4) is 0 Å². The third kappa shape index (κ3) is 5.46. The Labute approximate surface area is 114 Å².